The van der Waals surface area contributed by atoms with Gasteiger partial charge in [0.15, 0.2) is 0 Å². The maximum absolute atomic E-state index is 12.8. The van der Waals surface area contributed by atoms with Crippen LogP contribution in [0.2, 0.25) is 0 Å². The molecule has 0 spiro atoms. The van der Waals surface area contributed by atoms with Crippen molar-refractivity contribution in [3.8, 4) is 0 Å². The standard InChI is InChI=1S/C22H36N4O3S/c1-17-11-14-25(15-12-17)21-9-7-19(8-10-21)18(2)23-22(27)20-6-5-13-26(16-20)30(28,29)24(3)4/h7-10,17-18,20H,5-6,11-16H2,1-4H3,(H,23,27)/t18-,20-/m1/s1. The molecule has 2 atom stereocenters. The first-order valence-electron chi connectivity index (χ1n) is 11.0. The summed E-state index contributed by atoms with van der Waals surface area (Å²) in [5.74, 6) is 0.417. The van der Waals surface area contributed by atoms with E-state index in [-0.39, 0.29) is 24.4 Å². The van der Waals surface area contributed by atoms with E-state index in [1.165, 1.54) is 41.2 Å². The average molecular weight is 437 g/mol. The highest BCUT2D eigenvalue weighted by molar-refractivity contribution is 7.86. The van der Waals surface area contributed by atoms with E-state index in [4.69, 9.17) is 0 Å². The van der Waals surface area contributed by atoms with Crippen LogP contribution in [0, 0.1) is 11.8 Å². The van der Waals surface area contributed by atoms with Gasteiger partial charge in [-0.1, -0.05) is 19.1 Å². The maximum atomic E-state index is 12.8. The third kappa shape index (κ3) is 5.34. The molecule has 0 saturated carbocycles. The summed E-state index contributed by atoms with van der Waals surface area (Å²) >= 11 is 0. The van der Waals surface area contributed by atoms with Crippen molar-refractivity contribution < 1.29 is 13.2 Å². The van der Waals surface area contributed by atoms with E-state index in [1.807, 2.05) is 6.92 Å². The minimum absolute atomic E-state index is 0.0738. The Hall–Kier alpha value is -1.64. The van der Waals surface area contributed by atoms with E-state index >= 15 is 0 Å². The Morgan fingerprint density at radius 3 is 2.33 bits per heavy atom. The highest BCUT2D eigenvalue weighted by Crippen LogP contribution is 2.25. The van der Waals surface area contributed by atoms with E-state index in [0.29, 0.717) is 19.4 Å². The number of carbonyl (C=O) groups is 1. The van der Waals surface area contributed by atoms with Gasteiger partial charge >= 0.3 is 0 Å². The fourth-order valence-electron chi connectivity index (χ4n) is 4.25. The molecular weight excluding hydrogens is 400 g/mol. The number of hydrogen-bond acceptors (Lipinski definition) is 4. The topological polar surface area (TPSA) is 73.0 Å². The van der Waals surface area contributed by atoms with Crippen LogP contribution < -0.4 is 10.2 Å². The number of nitrogens with one attached hydrogen (secondary N) is 1. The van der Waals surface area contributed by atoms with Crippen molar-refractivity contribution in [3.05, 3.63) is 29.8 Å². The predicted molar refractivity (Wildman–Crippen MR) is 121 cm³/mol. The second kappa shape index (κ2) is 9.66. The fraction of sp³-hybridized carbons (Fsp3) is 0.682. The lowest BCUT2D eigenvalue weighted by Crippen LogP contribution is -2.49. The lowest BCUT2D eigenvalue weighted by Gasteiger charge is -2.33. The van der Waals surface area contributed by atoms with Crippen molar-refractivity contribution >= 4 is 21.8 Å². The Balaban J connectivity index is 1.57. The fourth-order valence-corrected chi connectivity index (χ4v) is 5.44. The van der Waals surface area contributed by atoms with Gasteiger partial charge in [0.05, 0.1) is 12.0 Å². The first kappa shape index (κ1) is 23.0. The molecule has 168 valence electrons. The molecule has 1 N–H and O–H groups in total. The summed E-state index contributed by atoms with van der Waals surface area (Å²) in [6, 6.07) is 8.33. The van der Waals surface area contributed by atoms with Gasteiger partial charge in [-0.15, -0.1) is 0 Å². The molecular formula is C22H36N4O3S. The zero-order valence-corrected chi connectivity index (χ0v) is 19.5. The average Bonchev–Trinajstić information content (AvgIpc) is 2.74. The number of piperidine rings is 2. The number of carbonyl (C=O) groups excluding carboxylic acids is 1. The number of rotatable bonds is 6. The molecule has 30 heavy (non-hydrogen) atoms. The minimum Gasteiger partial charge on any atom is -0.372 e. The largest absolute Gasteiger partial charge is 0.372 e. The zero-order chi connectivity index (χ0) is 21.9. The molecule has 2 aliphatic rings. The summed E-state index contributed by atoms with van der Waals surface area (Å²) in [6.45, 7) is 7.20. The van der Waals surface area contributed by atoms with Crippen molar-refractivity contribution in [2.24, 2.45) is 11.8 Å². The van der Waals surface area contributed by atoms with E-state index in [1.54, 1.807) is 0 Å². The van der Waals surface area contributed by atoms with Gasteiger partial charge in [0.25, 0.3) is 10.2 Å². The van der Waals surface area contributed by atoms with Crippen LogP contribution in [-0.4, -0.2) is 63.2 Å². The van der Waals surface area contributed by atoms with Crippen molar-refractivity contribution in [2.45, 2.75) is 45.6 Å². The van der Waals surface area contributed by atoms with Crippen LogP contribution in [0.5, 0.6) is 0 Å². The van der Waals surface area contributed by atoms with Crippen LogP contribution in [0.25, 0.3) is 0 Å². The number of amides is 1. The van der Waals surface area contributed by atoms with Gasteiger partial charge in [0, 0.05) is 46.0 Å². The molecule has 2 aliphatic heterocycles. The third-order valence-corrected chi connectivity index (χ3v) is 8.35. The molecule has 2 fully saturated rings. The number of hydrogen-bond donors (Lipinski definition) is 1. The van der Waals surface area contributed by atoms with Gasteiger partial charge in [-0.3, -0.25) is 4.79 Å². The Labute approximate surface area is 181 Å². The van der Waals surface area contributed by atoms with Gasteiger partial charge in [-0.2, -0.15) is 17.0 Å². The SMILES string of the molecule is CC1CCN(c2ccc([C@@H](C)NC(=O)[C@@H]3CCCN(S(=O)(=O)N(C)C)C3)cc2)CC1. The number of benzene rings is 1. The van der Waals surface area contributed by atoms with E-state index in [9.17, 15) is 13.2 Å². The smallest absolute Gasteiger partial charge is 0.281 e. The molecule has 3 rings (SSSR count). The molecule has 0 aromatic heterocycles. The number of nitrogens with zero attached hydrogens (tertiary/aromatic N) is 3. The Kier molecular flexibility index (Phi) is 7.42. The Morgan fingerprint density at radius 1 is 1.10 bits per heavy atom. The van der Waals surface area contributed by atoms with Crippen LogP contribution in [0.4, 0.5) is 5.69 Å². The first-order chi connectivity index (χ1) is 14.2. The van der Waals surface area contributed by atoms with E-state index in [0.717, 1.165) is 24.6 Å². The van der Waals surface area contributed by atoms with Crippen molar-refractivity contribution in [1.82, 2.24) is 13.9 Å². The molecule has 7 nitrogen and oxygen atoms in total. The lowest BCUT2D eigenvalue weighted by molar-refractivity contribution is -0.126. The number of anilines is 1. The lowest BCUT2D eigenvalue weighted by atomic mass is 9.97. The second-order valence-electron chi connectivity index (χ2n) is 8.98. The second-order valence-corrected chi connectivity index (χ2v) is 11.1. The van der Waals surface area contributed by atoms with Gasteiger partial charge in [0.2, 0.25) is 5.91 Å². The normalized spacial score (nSPS) is 22.8. The molecule has 1 aromatic rings. The molecule has 1 amide bonds. The quantitative estimate of drug-likeness (QED) is 0.744. The summed E-state index contributed by atoms with van der Waals surface area (Å²) in [5, 5.41) is 3.08. The molecule has 0 bridgehead atoms. The summed E-state index contributed by atoms with van der Waals surface area (Å²) < 4.78 is 27.4. The molecule has 1 aromatic carbocycles. The van der Waals surface area contributed by atoms with E-state index < -0.39 is 10.2 Å². The van der Waals surface area contributed by atoms with Crippen LogP contribution in [0.1, 0.15) is 51.1 Å². The Bertz CT molecular complexity index is 817. The summed E-state index contributed by atoms with van der Waals surface area (Å²) in [4.78, 5) is 15.2. The Morgan fingerprint density at radius 2 is 1.73 bits per heavy atom. The van der Waals surface area contributed by atoms with Gasteiger partial charge in [-0.05, 0) is 56.2 Å². The van der Waals surface area contributed by atoms with Crippen molar-refractivity contribution in [2.75, 3.05) is 45.2 Å². The highest BCUT2D eigenvalue weighted by Gasteiger charge is 2.33. The van der Waals surface area contributed by atoms with Crippen LogP contribution >= 0.6 is 0 Å². The highest BCUT2D eigenvalue weighted by atomic mass is 32.2. The predicted octanol–water partition coefficient (Wildman–Crippen LogP) is 2.62. The summed E-state index contributed by atoms with van der Waals surface area (Å²) in [5.41, 5.74) is 2.30. The van der Waals surface area contributed by atoms with E-state index in [2.05, 4.69) is 41.4 Å². The van der Waals surface area contributed by atoms with Crippen molar-refractivity contribution in [1.29, 1.82) is 0 Å². The third-order valence-electron chi connectivity index (χ3n) is 6.44. The van der Waals surface area contributed by atoms with Gasteiger partial charge in [-0.25, -0.2) is 0 Å². The molecule has 2 heterocycles. The van der Waals surface area contributed by atoms with Gasteiger partial charge in [0.1, 0.15) is 0 Å². The zero-order valence-electron chi connectivity index (χ0n) is 18.7. The molecule has 0 unspecified atom stereocenters. The molecule has 2 saturated heterocycles. The minimum atomic E-state index is -3.48. The molecule has 0 radical (unpaired) electrons. The van der Waals surface area contributed by atoms with Crippen molar-refractivity contribution in [3.63, 3.8) is 0 Å². The van der Waals surface area contributed by atoms with Crippen LogP contribution in [0.3, 0.4) is 0 Å². The first-order valence-corrected chi connectivity index (χ1v) is 12.4. The summed E-state index contributed by atoms with van der Waals surface area (Å²) in [6.07, 6.45) is 3.87. The van der Waals surface area contributed by atoms with Crippen LogP contribution in [-0.2, 0) is 15.0 Å². The maximum Gasteiger partial charge on any atom is 0.281 e. The molecule has 0 aliphatic carbocycles. The van der Waals surface area contributed by atoms with Crippen LogP contribution in [0.15, 0.2) is 24.3 Å². The summed E-state index contributed by atoms with van der Waals surface area (Å²) in [7, 11) is -0.438. The monoisotopic (exact) mass is 436 g/mol. The molecule has 8 heteroatoms. The van der Waals surface area contributed by atoms with Gasteiger partial charge < -0.3 is 10.2 Å².